The molecule has 112 valence electrons. The van der Waals surface area contributed by atoms with E-state index in [1.165, 1.54) is 70.6 Å². The van der Waals surface area contributed by atoms with E-state index in [1.807, 2.05) is 0 Å². The van der Waals surface area contributed by atoms with Crippen molar-refractivity contribution in [3.63, 3.8) is 0 Å². The van der Waals surface area contributed by atoms with E-state index in [0.29, 0.717) is 17.8 Å². The van der Waals surface area contributed by atoms with Gasteiger partial charge in [-0.2, -0.15) is 0 Å². The molecule has 0 aromatic rings. The van der Waals surface area contributed by atoms with Crippen LogP contribution in [-0.4, -0.2) is 10.7 Å². The van der Waals surface area contributed by atoms with Crippen LogP contribution in [-0.2, 0) is 0 Å². The van der Waals surface area contributed by atoms with Crippen molar-refractivity contribution in [3.8, 4) is 0 Å². The predicted octanol–water partition coefficient (Wildman–Crippen LogP) is 5.31. The van der Waals surface area contributed by atoms with Gasteiger partial charge in [0.15, 0.2) is 0 Å². The first kappa shape index (κ1) is 15.4. The van der Waals surface area contributed by atoms with Crippen molar-refractivity contribution in [1.29, 1.82) is 0 Å². The highest BCUT2D eigenvalue weighted by atomic mass is 16.3. The molecule has 2 rings (SSSR count). The maximum Gasteiger partial charge on any atom is 0.0706 e. The summed E-state index contributed by atoms with van der Waals surface area (Å²) in [5.41, 5.74) is -0.300. The zero-order valence-electron chi connectivity index (χ0n) is 13.2. The Morgan fingerprint density at radius 2 is 1.63 bits per heavy atom. The van der Waals surface area contributed by atoms with E-state index in [9.17, 15) is 5.11 Å². The van der Waals surface area contributed by atoms with Crippen molar-refractivity contribution in [2.75, 3.05) is 0 Å². The highest BCUT2D eigenvalue weighted by Gasteiger charge is 2.49. The Morgan fingerprint density at radius 3 is 2.21 bits per heavy atom. The van der Waals surface area contributed by atoms with Crippen LogP contribution in [0.25, 0.3) is 0 Å². The molecule has 0 aromatic carbocycles. The van der Waals surface area contributed by atoms with Crippen LogP contribution in [0.5, 0.6) is 0 Å². The second-order valence-electron chi connectivity index (χ2n) is 7.41. The highest BCUT2D eigenvalue weighted by Crippen LogP contribution is 2.50. The molecule has 0 heterocycles. The summed E-state index contributed by atoms with van der Waals surface area (Å²) in [6.07, 6.45) is 15.6. The van der Waals surface area contributed by atoms with Gasteiger partial charge in [0.05, 0.1) is 5.60 Å². The Labute approximate surface area is 120 Å². The summed E-state index contributed by atoms with van der Waals surface area (Å²) in [4.78, 5) is 0. The van der Waals surface area contributed by atoms with Gasteiger partial charge >= 0.3 is 0 Å². The van der Waals surface area contributed by atoms with E-state index >= 15 is 0 Å². The lowest BCUT2D eigenvalue weighted by atomic mass is 9.70. The summed E-state index contributed by atoms with van der Waals surface area (Å²) in [6, 6.07) is 0. The van der Waals surface area contributed by atoms with Crippen LogP contribution < -0.4 is 0 Å². The van der Waals surface area contributed by atoms with Gasteiger partial charge in [0.2, 0.25) is 0 Å². The Bertz CT molecular complexity index is 252. The van der Waals surface area contributed by atoms with Crippen molar-refractivity contribution in [2.24, 2.45) is 17.8 Å². The number of hydrogen-bond donors (Lipinski definition) is 1. The van der Waals surface area contributed by atoms with Crippen LogP contribution in [0, 0.1) is 17.8 Å². The van der Waals surface area contributed by atoms with Gasteiger partial charge in [0, 0.05) is 0 Å². The number of unbranched alkanes of at least 4 members (excludes halogenated alkanes) is 2. The van der Waals surface area contributed by atoms with Crippen molar-refractivity contribution < 1.29 is 5.11 Å². The standard InChI is InChI=1S/C18H34O/c1-3-4-6-9-15(2)14-18(19,17-12-13-17)16-10-7-5-8-11-16/h15-17,19H,3-14H2,1-2H3. The molecule has 2 saturated carbocycles. The molecule has 19 heavy (non-hydrogen) atoms. The summed E-state index contributed by atoms with van der Waals surface area (Å²) >= 11 is 0. The third-order valence-electron chi connectivity index (χ3n) is 5.57. The van der Waals surface area contributed by atoms with Gasteiger partial charge in [-0.1, -0.05) is 58.8 Å². The molecule has 0 saturated heterocycles. The lowest BCUT2D eigenvalue weighted by Gasteiger charge is -2.41. The first-order valence-electron chi connectivity index (χ1n) is 8.89. The molecule has 1 nitrogen and oxygen atoms in total. The number of hydrogen-bond acceptors (Lipinski definition) is 1. The third-order valence-corrected chi connectivity index (χ3v) is 5.57. The lowest BCUT2D eigenvalue weighted by Crippen LogP contribution is -2.42. The smallest absolute Gasteiger partial charge is 0.0706 e. The van der Waals surface area contributed by atoms with Gasteiger partial charge in [-0.25, -0.2) is 0 Å². The van der Waals surface area contributed by atoms with Crippen LogP contribution in [0.3, 0.4) is 0 Å². The molecular formula is C18H34O. The SMILES string of the molecule is CCCCCC(C)CC(O)(C1CCCCC1)C1CC1. The molecule has 2 aliphatic rings. The molecule has 1 heteroatoms. The molecule has 0 aromatic heterocycles. The fraction of sp³-hybridized carbons (Fsp3) is 1.00. The van der Waals surface area contributed by atoms with Gasteiger partial charge < -0.3 is 5.11 Å². The predicted molar refractivity (Wildman–Crippen MR) is 82.2 cm³/mol. The Kier molecular flexibility index (Phi) is 5.74. The van der Waals surface area contributed by atoms with Crippen LogP contribution in [0.1, 0.15) is 90.9 Å². The summed E-state index contributed by atoms with van der Waals surface area (Å²) in [5.74, 6) is 1.96. The minimum atomic E-state index is -0.300. The average molecular weight is 266 g/mol. The molecule has 0 spiro atoms. The molecule has 2 fully saturated rings. The minimum absolute atomic E-state index is 0.300. The summed E-state index contributed by atoms with van der Waals surface area (Å²) in [7, 11) is 0. The Balaban J connectivity index is 1.87. The van der Waals surface area contributed by atoms with Gasteiger partial charge in [0.1, 0.15) is 0 Å². The van der Waals surface area contributed by atoms with Crippen molar-refractivity contribution in [1.82, 2.24) is 0 Å². The molecule has 0 bridgehead atoms. The first-order valence-corrected chi connectivity index (χ1v) is 8.89. The van der Waals surface area contributed by atoms with Gasteiger partial charge in [0.25, 0.3) is 0 Å². The monoisotopic (exact) mass is 266 g/mol. The summed E-state index contributed by atoms with van der Waals surface area (Å²) in [5, 5.41) is 11.3. The topological polar surface area (TPSA) is 20.2 Å². The fourth-order valence-corrected chi connectivity index (χ4v) is 4.26. The van der Waals surface area contributed by atoms with E-state index in [4.69, 9.17) is 0 Å². The number of aliphatic hydroxyl groups is 1. The maximum atomic E-state index is 11.3. The quantitative estimate of drug-likeness (QED) is 0.590. The second kappa shape index (κ2) is 7.11. The average Bonchev–Trinajstić information content (AvgIpc) is 3.24. The van der Waals surface area contributed by atoms with E-state index < -0.39 is 0 Å². The largest absolute Gasteiger partial charge is 0.389 e. The van der Waals surface area contributed by atoms with Crippen LogP contribution in [0.2, 0.25) is 0 Å². The zero-order valence-corrected chi connectivity index (χ0v) is 13.2. The second-order valence-corrected chi connectivity index (χ2v) is 7.41. The Hall–Kier alpha value is -0.0400. The molecular weight excluding hydrogens is 232 g/mol. The van der Waals surface area contributed by atoms with E-state index in [2.05, 4.69) is 13.8 Å². The molecule has 0 aliphatic heterocycles. The third kappa shape index (κ3) is 4.21. The molecule has 1 N–H and O–H groups in total. The van der Waals surface area contributed by atoms with Crippen molar-refractivity contribution >= 4 is 0 Å². The van der Waals surface area contributed by atoms with E-state index in [0.717, 1.165) is 6.42 Å². The summed E-state index contributed by atoms with van der Waals surface area (Å²) in [6.45, 7) is 4.64. The van der Waals surface area contributed by atoms with Crippen molar-refractivity contribution in [2.45, 2.75) is 96.5 Å². The minimum Gasteiger partial charge on any atom is -0.389 e. The molecule has 2 atom stereocenters. The van der Waals surface area contributed by atoms with Crippen LogP contribution in [0.4, 0.5) is 0 Å². The normalized spacial score (nSPS) is 26.1. The maximum absolute atomic E-state index is 11.3. The molecule has 0 radical (unpaired) electrons. The van der Waals surface area contributed by atoms with E-state index in [-0.39, 0.29) is 5.60 Å². The lowest BCUT2D eigenvalue weighted by molar-refractivity contribution is -0.0697. The molecule has 0 amide bonds. The fourth-order valence-electron chi connectivity index (χ4n) is 4.26. The molecule has 2 aliphatic carbocycles. The van der Waals surface area contributed by atoms with Crippen molar-refractivity contribution in [3.05, 3.63) is 0 Å². The highest BCUT2D eigenvalue weighted by molar-refractivity contribution is 5.00. The van der Waals surface area contributed by atoms with Gasteiger partial charge in [-0.3, -0.25) is 0 Å². The van der Waals surface area contributed by atoms with Gasteiger partial charge in [-0.05, 0) is 49.9 Å². The molecule has 2 unspecified atom stereocenters. The first-order chi connectivity index (χ1) is 9.16. The van der Waals surface area contributed by atoms with Crippen LogP contribution >= 0.6 is 0 Å². The van der Waals surface area contributed by atoms with Gasteiger partial charge in [-0.15, -0.1) is 0 Å². The van der Waals surface area contributed by atoms with Crippen LogP contribution in [0.15, 0.2) is 0 Å². The zero-order chi connectivity index (χ0) is 13.7. The van der Waals surface area contributed by atoms with E-state index in [1.54, 1.807) is 0 Å². The summed E-state index contributed by atoms with van der Waals surface area (Å²) < 4.78 is 0. The number of rotatable bonds is 8. The Morgan fingerprint density at radius 1 is 1.00 bits per heavy atom.